The number of carboxylic acid groups (broad SMARTS) is 1. The zero-order chi connectivity index (χ0) is 14.6. The molecule has 0 aromatic carbocycles. The van der Waals surface area contributed by atoms with Gasteiger partial charge in [-0.25, -0.2) is 4.98 Å². The van der Waals surface area contributed by atoms with Crippen molar-refractivity contribution in [1.29, 1.82) is 0 Å². The van der Waals surface area contributed by atoms with Crippen LogP contribution in [0.5, 0.6) is 0 Å². The van der Waals surface area contributed by atoms with Crippen LogP contribution in [0.4, 0.5) is 0 Å². The molecule has 7 heteroatoms. The number of carboxylic acids is 1. The van der Waals surface area contributed by atoms with Gasteiger partial charge in [-0.3, -0.25) is 14.7 Å². The topological polar surface area (TPSA) is 108 Å². The van der Waals surface area contributed by atoms with Crippen LogP contribution in [-0.4, -0.2) is 38.7 Å². The minimum Gasteiger partial charge on any atom is -0.481 e. The lowest BCUT2D eigenvalue weighted by atomic mass is 9.96. The summed E-state index contributed by atoms with van der Waals surface area (Å²) in [5.41, 5.74) is 0. The molecule has 1 amide bonds. The number of carbonyl (C=O) groups is 2. The lowest BCUT2D eigenvalue weighted by molar-refractivity contribution is -0.142. The van der Waals surface area contributed by atoms with E-state index in [1.165, 1.54) is 0 Å². The van der Waals surface area contributed by atoms with Crippen LogP contribution in [0.1, 0.15) is 50.1 Å². The van der Waals surface area contributed by atoms with E-state index in [4.69, 9.17) is 5.11 Å². The molecule has 7 nitrogen and oxygen atoms in total. The monoisotopic (exact) mass is 268 g/mol. The molecule has 19 heavy (non-hydrogen) atoms. The highest BCUT2D eigenvalue weighted by Crippen LogP contribution is 2.10. The second-order valence-corrected chi connectivity index (χ2v) is 5.10. The van der Waals surface area contributed by atoms with Gasteiger partial charge in [0.05, 0.1) is 5.92 Å². The van der Waals surface area contributed by atoms with Crippen LogP contribution in [0.3, 0.4) is 0 Å². The van der Waals surface area contributed by atoms with Crippen molar-refractivity contribution in [2.45, 2.75) is 33.6 Å². The molecule has 0 radical (unpaired) electrons. The van der Waals surface area contributed by atoms with Gasteiger partial charge in [-0.15, -0.1) is 5.10 Å². The van der Waals surface area contributed by atoms with E-state index in [1.54, 1.807) is 13.8 Å². The standard InChI is InChI=1S/C12H20N4O3/c1-6(2)8(12(18)19)5-13-11(17)10-14-9(7(3)4)15-16-10/h6-8H,5H2,1-4H3,(H,13,17)(H,18,19)(H,14,15,16). The predicted molar refractivity (Wildman–Crippen MR) is 68.8 cm³/mol. The van der Waals surface area contributed by atoms with Crippen molar-refractivity contribution in [3.63, 3.8) is 0 Å². The SMILES string of the molecule is CC(C)c1nc(C(=O)NCC(C(=O)O)C(C)C)n[nH]1. The van der Waals surface area contributed by atoms with Crippen molar-refractivity contribution in [1.82, 2.24) is 20.5 Å². The number of aliphatic carboxylic acids is 1. The third kappa shape index (κ3) is 4.04. The van der Waals surface area contributed by atoms with Crippen molar-refractivity contribution in [3.05, 3.63) is 11.6 Å². The largest absolute Gasteiger partial charge is 0.481 e. The number of nitrogens with zero attached hydrogens (tertiary/aromatic N) is 2. The predicted octanol–water partition coefficient (Wildman–Crippen LogP) is 1.01. The normalized spacial score (nSPS) is 12.7. The zero-order valence-corrected chi connectivity index (χ0v) is 11.6. The summed E-state index contributed by atoms with van der Waals surface area (Å²) in [6.07, 6.45) is 0. The summed E-state index contributed by atoms with van der Waals surface area (Å²) in [5.74, 6) is -1.25. The highest BCUT2D eigenvalue weighted by atomic mass is 16.4. The lowest BCUT2D eigenvalue weighted by Gasteiger charge is -2.15. The van der Waals surface area contributed by atoms with Crippen LogP contribution in [-0.2, 0) is 4.79 Å². The van der Waals surface area contributed by atoms with Crippen molar-refractivity contribution >= 4 is 11.9 Å². The number of amides is 1. The summed E-state index contributed by atoms with van der Waals surface area (Å²) in [6.45, 7) is 7.53. The minimum absolute atomic E-state index is 0.0385. The van der Waals surface area contributed by atoms with Crippen LogP contribution < -0.4 is 5.32 Å². The number of rotatable bonds is 6. The van der Waals surface area contributed by atoms with E-state index < -0.39 is 17.8 Å². The van der Waals surface area contributed by atoms with Gasteiger partial charge in [0.15, 0.2) is 0 Å². The lowest BCUT2D eigenvalue weighted by Crippen LogP contribution is -2.36. The number of hydrogen-bond acceptors (Lipinski definition) is 4. The first-order valence-corrected chi connectivity index (χ1v) is 6.26. The van der Waals surface area contributed by atoms with Crippen molar-refractivity contribution in [2.24, 2.45) is 11.8 Å². The number of aromatic nitrogens is 3. The van der Waals surface area contributed by atoms with Gasteiger partial charge in [-0.1, -0.05) is 27.7 Å². The van der Waals surface area contributed by atoms with Gasteiger partial charge in [0.1, 0.15) is 5.82 Å². The molecule has 1 aromatic rings. The molecule has 1 rings (SSSR count). The van der Waals surface area contributed by atoms with Gasteiger partial charge < -0.3 is 10.4 Å². The Morgan fingerprint density at radius 1 is 1.32 bits per heavy atom. The van der Waals surface area contributed by atoms with E-state index in [0.717, 1.165) is 0 Å². The van der Waals surface area contributed by atoms with Crippen LogP contribution in [0, 0.1) is 11.8 Å². The highest BCUT2D eigenvalue weighted by Gasteiger charge is 2.23. The molecule has 0 spiro atoms. The number of nitrogens with one attached hydrogen (secondary N) is 2. The summed E-state index contributed by atoms with van der Waals surface area (Å²) in [7, 11) is 0. The molecule has 0 fully saturated rings. The van der Waals surface area contributed by atoms with E-state index in [-0.39, 0.29) is 24.2 Å². The van der Waals surface area contributed by atoms with Crippen LogP contribution in [0.2, 0.25) is 0 Å². The van der Waals surface area contributed by atoms with Crippen molar-refractivity contribution in [3.8, 4) is 0 Å². The second-order valence-electron chi connectivity index (χ2n) is 5.10. The molecule has 0 saturated heterocycles. The van der Waals surface area contributed by atoms with E-state index in [2.05, 4.69) is 20.5 Å². The summed E-state index contributed by atoms with van der Waals surface area (Å²) in [5, 5.41) is 18.1. The maximum Gasteiger partial charge on any atom is 0.308 e. The average Bonchev–Trinajstić information content (AvgIpc) is 2.77. The Morgan fingerprint density at radius 2 is 1.95 bits per heavy atom. The molecule has 0 aliphatic carbocycles. The fourth-order valence-electron chi connectivity index (χ4n) is 1.52. The molecular formula is C12H20N4O3. The maximum absolute atomic E-state index is 11.8. The summed E-state index contributed by atoms with van der Waals surface area (Å²) >= 11 is 0. The fourth-order valence-corrected chi connectivity index (χ4v) is 1.52. The molecule has 1 unspecified atom stereocenters. The Morgan fingerprint density at radius 3 is 2.37 bits per heavy atom. The van der Waals surface area contributed by atoms with Gasteiger partial charge in [0.25, 0.3) is 5.91 Å². The Hall–Kier alpha value is -1.92. The number of aromatic amines is 1. The van der Waals surface area contributed by atoms with Crippen molar-refractivity contribution < 1.29 is 14.7 Å². The first kappa shape index (κ1) is 15.1. The van der Waals surface area contributed by atoms with Crippen molar-refractivity contribution in [2.75, 3.05) is 6.54 Å². The quantitative estimate of drug-likeness (QED) is 0.713. The van der Waals surface area contributed by atoms with Gasteiger partial charge in [-0.2, -0.15) is 0 Å². The van der Waals surface area contributed by atoms with E-state index in [9.17, 15) is 9.59 Å². The fraction of sp³-hybridized carbons (Fsp3) is 0.667. The van der Waals surface area contributed by atoms with E-state index in [0.29, 0.717) is 5.82 Å². The van der Waals surface area contributed by atoms with Crippen LogP contribution >= 0.6 is 0 Å². The molecule has 0 bridgehead atoms. The Bertz CT molecular complexity index is 454. The summed E-state index contributed by atoms with van der Waals surface area (Å²) in [4.78, 5) is 26.8. The third-order valence-corrected chi connectivity index (χ3v) is 2.86. The second kappa shape index (κ2) is 6.31. The summed E-state index contributed by atoms with van der Waals surface area (Å²) < 4.78 is 0. The Labute approximate surface area is 111 Å². The first-order valence-electron chi connectivity index (χ1n) is 6.26. The van der Waals surface area contributed by atoms with Gasteiger partial charge >= 0.3 is 5.97 Å². The minimum atomic E-state index is -0.923. The van der Waals surface area contributed by atoms with E-state index >= 15 is 0 Å². The van der Waals surface area contributed by atoms with Crippen LogP contribution in [0.15, 0.2) is 0 Å². The molecule has 1 atom stereocenters. The number of carbonyl (C=O) groups excluding carboxylic acids is 1. The smallest absolute Gasteiger partial charge is 0.308 e. The first-order chi connectivity index (χ1) is 8.82. The molecule has 0 saturated carbocycles. The number of hydrogen-bond donors (Lipinski definition) is 3. The third-order valence-electron chi connectivity index (χ3n) is 2.86. The average molecular weight is 268 g/mol. The van der Waals surface area contributed by atoms with Gasteiger partial charge in [0, 0.05) is 12.5 Å². The summed E-state index contributed by atoms with van der Waals surface area (Å²) in [6, 6.07) is 0. The Kier molecular flexibility index (Phi) is 5.02. The molecule has 0 aliphatic rings. The maximum atomic E-state index is 11.8. The highest BCUT2D eigenvalue weighted by molar-refractivity contribution is 5.90. The molecule has 106 valence electrons. The molecule has 0 aliphatic heterocycles. The van der Waals surface area contributed by atoms with E-state index in [1.807, 2.05) is 13.8 Å². The van der Waals surface area contributed by atoms with Gasteiger partial charge in [-0.05, 0) is 5.92 Å². The molecule has 1 heterocycles. The number of H-pyrrole nitrogens is 1. The Balaban J connectivity index is 2.61. The van der Waals surface area contributed by atoms with Crippen LogP contribution in [0.25, 0.3) is 0 Å². The molecule has 1 aromatic heterocycles. The van der Waals surface area contributed by atoms with Gasteiger partial charge in [0.2, 0.25) is 5.82 Å². The molecular weight excluding hydrogens is 248 g/mol. The molecule has 3 N–H and O–H groups in total. The zero-order valence-electron chi connectivity index (χ0n) is 11.6.